The zero-order valence-electron chi connectivity index (χ0n) is 16.5. The van der Waals surface area contributed by atoms with Gasteiger partial charge >= 0.3 is 0 Å². The van der Waals surface area contributed by atoms with Crippen LogP contribution in [0.25, 0.3) is 10.8 Å². The van der Waals surface area contributed by atoms with Crippen molar-refractivity contribution in [2.45, 2.75) is 18.2 Å². The number of nitrogens with zero attached hydrogens (tertiary/aromatic N) is 1. The summed E-state index contributed by atoms with van der Waals surface area (Å²) in [5.41, 5.74) is 1.47. The van der Waals surface area contributed by atoms with E-state index >= 15 is 0 Å². The monoisotopic (exact) mass is 453 g/mol. The van der Waals surface area contributed by atoms with Crippen LogP contribution in [0.1, 0.15) is 11.5 Å². The molecule has 158 valence electrons. The Hall–Kier alpha value is -3.43. The van der Waals surface area contributed by atoms with Gasteiger partial charge in [0.05, 0.1) is 22.7 Å². The highest BCUT2D eigenvalue weighted by molar-refractivity contribution is 7.92. The topological polar surface area (TPSA) is 101 Å². The number of sulfonamides is 1. The zero-order chi connectivity index (χ0) is 21.8. The van der Waals surface area contributed by atoms with Gasteiger partial charge in [-0.05, 0) is 49.4 Å². The Bertz CT molecular complexity index is 1310. The number of aromatic nitrogens is 1. The Kier molecular flexibility index (Phi) is 5.88. The average molecular weight is 454 g/mol. The van der Waals surface area contributed by atoms with E-state index in [4.69, 9.17) is 4.42 Å². The third-order valence-electron chi connectivity index (χ3n) is 4.30. The van der Waals surface area contributed by atoms with Gasteiger partial charge in [0, 0.05) is 11.1 Å². The van der Waals surface area contributed by atoms with Crippen LogP contribution in [-0.4, -0.2) is 19.3 Å². The van der Waals surface area contributed by atoms with Gasteiger partial charge in [0.25, 0.3) is 10.0 Å². The predicted molar refractivity (Wildman–Crippen MR) is 121 cm³/mol. The van der Waals surface area contributed by atoms with Crippen molar-refractivity contribution in [1.82, 2.24) is 4.98 Å². The first-order valence-corrected chi connectivity index (χ1v) is 11.7. The van der Waals surface area contributed by atoms with E-state index in [0.29, 0.717) is 27.8 Å². The first-order chi connectivity index (χ1) is 14.9. The molecule has 0 fully saturated rings. The van der Waals surface area contributed by atoms with Gasteiger partial charge in [-0.15, -0.1) is 11.3 Å². The maximum atomic E-state index is 12.5. The lowest BCUT2D eigenvalue weighted by Crippen LogP contribution is -2.15. The summed E-state index contributed by atoms with van der Waals surface area (Å²) in [4.78, 5) is 17.1. The molecule has 31 heavy (non-hydrogen) atoms. The Labute approximate surface area is 183 Å². The summed E-state index contributed by atoms with van der Waals surface area (Å²) in [5.74, 6) is 1.22. The maximum Gasteiger partial charge on any atom is 0.261 e. The van der Waals surface area contributed by atoms with E-state index < -0.39 is 10.0 Å². The Morgan fingerprint density at radius 2 is 1.81 bits per heavy atom. The second-order valence-electron chi connectivity index (χ2n) is 6.78. The van der Waals surface area contributed by atoms with Crippen molar-refractivity contribution in [2.24, 2.45) is 0 Å². The third kappa shape index (κ3) is 5.19. The number of amides is 1. The molecule has 0 saturated carbocycles. The number of carbonyl (C=O) groups excluding carboxylic acids is 1. The first-order valence-electron chi connectivity index (χ1n) is 9.38. The third-order valence-corrected chi connectivity index (χ3v) is 6.60. The normalized spacial score (nSPS) is 11.3. The number of nitrogens with one attached hydrogen (secondary N) is 2. The highest BCUT2D eigenvalue weighted by Gasteiger charge is 2.15. The summed E-state index contributed by atoms with van der Waals surface area (Å²) in [5, 5.41) is 5.31. The number of thiazole rings is 1. The van der Waals surface area contributed by atoms with Gasteiger partial charge in [0.1, 0.15) is 5.76 Å². The van der Waals surface area contributed by atoms with E-state index in [1.165, 1.54) is 23.5 Å². The van der Waals surface area contributed by atoms with Crippen LogP contribution in [0.5, 0.6) is 0 Å². The molecular formula is C22H19N3O4S2. The molecule has 0 atom stereocenters. The van der Waals surface area contributed by atoms with E-state index in [9.17, 15) is 13.2 Å². The Morgan fingerprint density at radius 3 is 2.55 bits per heavy atom. The number of furan rings is 1. The molecule has 0 aliphatic carbocycles. The van der Waals surface area contributed by atoms with Gasteiger partial charge in [0.2, 0.25) is 5.91 Å². The van der Waals surface area contributed by atoms with Gasteiger partial charge in [-0.3, -0.25) is 9.52 Å². The van der Waals surface area contributed by atoms with Crippen LogP contribution in [0.15, 0.2) is 81.4 Å². The number of carbonyl (C=O) groups is 1. The van der Waals surface area contributed by atoms with Crippen molar-refractivity contribution in [2.75, 3.05) is 10.0 Å². The number of hydrogen-bond acceptors (Lipinski definition) is 6. The molecule has 2 N–H and O–H groups in total. The zero-order valence-corrected chi connectivity index (χ0v) is 18.2. The lowest BCUT2D eigenvalue weighted by molar-refractivity contribution is -0.115. The molecule has 2 aromatic carbocycles. The summed E-state index contributed by atoms with van der Waals surface area (Å²) < 4.78 is 33.0. The maximum absolute atomic E-state index is 12.5. The van der Waals surface area contributed by atoms with Crippen molar-refractivity contribution >= 4 is 38.6 Å². The molecular weight excluding hydrogens is 434 g/mol. The van der Waals surface area contributed by atoms with E-state index in [-0.39, 0.29) is 17.2 Å². The number of aryl methyl sites for hydroxylation is 1. The van der Waals surface area contributed by atoms with Gasteiger partial charge < -0.3 is 9.73 Å². The predicted octanol–water partition coefficient (Wildman–Crippen LogP) is 4.69. The van der Waals surface area contributed by atoms with Crippen LogP contribution >= 0.6 is 11.3 Å². The molecule has 0 aliphatic rings. The molecule has 0 bridgehead atoms. The summed E-state index contributed by atoms with van der Waals surface area (Å²) in [6.07, 6.45) is 0.0934. The van der Waals surface area contributed by atoms with E-state index in [2.05, 4.69) is 15.0 Å². The molecule has 0 saturated heterocycles. The van der Waals surface area contributed by atoms with Gasteiger partial charge in [0.15, 0.2) is 10.8 Å². The summed E-state index contributed by atoms with van der Waals surface area (Å²) in [7, 11) is -3.71. The van der Waals surface area contributed by atoms with Crippen molar-refractivity contribution in [1.29, 1.82) is 0 Å². The fourth-order valence-corrected chi connectivity index (χ4v) is 4.74. The van der Waals surface area contributed by atoms with Crippen molar-refractivity contribution in [3.05, 3.63) is 83.6 Å². The smallest absolute Gasteiger partial charge is 0.261 e. The molecule has 9 heteroatoms. The molecule has 4 aromatic rings. The number of hydrogen-bond donors (Lipinski definition) is 2. The highest BCUT2D eigenvalue weighted by Crippen LogP contribution is 2.26. The van der Waals surface area contributed by atoms with E-state index in [1.807, 2.05) is 24.4 Å². The van der Waals surface area contributed by atoms with Crippen LogP contribution in [0.2, 0.25) is 0 Å². The fraction of sp³-hybridized carbons (Fsp3) is 0.0909. The van der Waals surface area contributed by atoms with E-state index in [0.717, 1.165) is 5.76 Å². The SMILES string of the molecule is Cc1ccc(-c2nc(CC(=O)Nc3cccc(NS(=O)(=O)c4ccccc4)c3)cs2)o1. The molecule has 2 aromatic heterocycles. The average Bonchev–Trinajstić information content (AvgIpc) is 3.37. The van der Waals surface area contributed by atoms with Crippen molar-refractivity contribution in [3.8, 4) is 10.8 Å². The van der Waals surface area contributed by atoms with E-state index in [1.54, 1.807) is 42.5 Å². The summed E-state index contributed by atoms with van der Waals surface area (Å²) in [6, 6.07) is 18.3. The standard InChI is InChI=1S/C22H19N3O4S2/c1-15-10-11-20(29-15)22-24-18(14-30-22)13-21(26)23-16-6-5-7-17(12-16)25-31(27,28)19-8-3-2-4-9-19/h2-12,14,25H,13H2,1H3,(H,23,26). The largest absolute Gasteiger partial charge is 0.459 e. The minimum absolute atomic E-state index is 0.0934. The highest BCUT2D eigenvalue weighted by atomic mass is 32.2. The minimum atomic E-state index is -3.71. The second-order valence-corrected chi connectivity index (χ2v) is 9.32. The van der Waals surface area contributed by atoms with Crippen molar-refractivity contribution in [3.63, 3.8) is 0 Å². The van der Waals surface area contributed by atoms with Gasteiger partial charge in [-0.2, -0.15) is 0 Å². The first kappa shape index (κ1) is 20.8. The molecule has 0 spiro atoms. The molecule has 1 amide bonds. The molecule has 7 nitrogen and oxygen atoms in total. The lowest BCUT2D eigenvalue weighted by Gasteiger charge is -2.10. The van der Waals surface area contributed by atoms with Crippen molar-refractivity contribution < 1.29 is 17.6 Å². The Morgan fingerprint density at radius 1 is 1.03 bits per heavy atom. The summed E-state index contributed by atoms with van der Waals surface area (Å²) >= 11 is 1.41. The van der Waals surface area contributed by atoms with Crippen LogP contribution in [-0.2, 0) is 21.2 Å². The molecule has 0 aliphatic heterocycles. The van der Waals surface area contributed by atoms with Crippen LogP contribution in [0, 0.1) is 6.92 Å². The van der Waals surface area contributed by atoms with Crippen LogP contribution in [0.4, 0.5) is 11.4 Å². The van der Waals surface area contributed by atoms with Crippen LogP contribution in [0.3, 0.4) is 0 Å². The van der Waals surface area contributed by atoms with Gasteiger partial charge in [-0.25, -0.2) is 13.4 Å². The molecule has 4 rings (SSSR count). The van der Waals surface area contributed by atoms with Crippen LogP contribution < -0.4 is 10.0 Å². The summed E-state index contributed by atoms with van der Waals surface area (Å²) in [6.45, 7) is 1.86. The lowest BCUT2D eigenvalue weighted by atomic mass is 10.2. The molecule has 0 radical (unpaired) electrons. The molecule has 0 unspecified atom stereocenters. The quantitative estimate of drug-likeness (QED) is 0.423. The second kappa shape index (κ2) is 8.75. The number of benzene rings is 2. The van der Waals surface area contributed by atoms with Gasteiger partial charge in [-0.1, -0.05) is 24.3 Å². The number of rotatable bonds is 7. The molecule has 2 heterocycles. The minimum Gasteiger partial charge on any atom is -0.459 e. The Balaban J connectivity index is 1.41. The fourth-order valence-electron chi connectivity index (χ4n) is 2.89. The number of anilines is 2.